The molecule has 0 saturated carbocycles. The minimum Gasteiger partial charge on any atom is -0.383 e. The van der Waals surface area contributed by atoms with E-state index in [2.05, 4.69) is 36.2 Å². The molecule has 0 radical (unpaired) electrons. The molecule has 0 bridgehead atoms. The molecule has 7 nitrogen and oxygen atoms in total. The minimum atomic E-state index is -0.0862. The number of benzene rings is 1. The van der Waals surface area contributed by atoms with Crippen molar-refractivity contribution < 1.29 is 0 Å². The number of nitrogens with two attached hydrogens (primary N) is 1. The quantitative estimate of drug-likeness (QED) is 0.473. The maximum Gasteiger partial charge on any atom is 0.250 e. The molecule has 0 spiro atoms. The molecule has 0 amide bonds. The molecule has 158 valence electrons. The topological polar surface area (TPSA) is 91.6 Å². The lowest BCUT2D eigenvalue weighted by atomic mass is 10.1. The van der Waals surface area contributed by atoms with Crippen molar-refractivity contribution in [3.8, 4) is 28.5 Å². The summed E-state index contributed by atoms with van der Waals surface area (Å²) < 4.78 is 3.58. The fraction of sp³-hybridized carbons (Fsp3) is 0.120. The summed E-state index contributed by atoms with van der Waals surface area (Å²) in [7, 11) is 1.74. The number of hydrogen-bond donors (Lipinski definition) is 1. The lowest BCUT2D eigenvalue weighted by Gasteiger charge is -2.12. The van der Waals surface area contributed by atoms with Crippen LogP contribution in [-0.2, 0) is 13.5 Å². The third kappa shape index (κ3) is 3.24. The van der Waals surface area contributed by atoms with Gasteiger partial charge in [0.15, 0.2) is 11.5 Å². The molecule has 5 aromatic rings. The first-order chi connectivity index (χ1) is 15.6. The van der Waals surface area contributed by atoms with E-state index in [-0.39, 0.29) is 5.56 Å². The van der Waals surface area contributed by atoms with Gasteiger partial charge < -0.3 is 10.3 Å². The minimum absolute atomic E-state index is 0.0862. The van der Waals surface area contributed by atoms with Crippen LogP contribution in [0.15, 0.2) is 77.7 Å². The number of imidazole rings is 1. The van der Waals surface area contributed by atoms with Gasteiger partial charge in [0.05, 0.1) is 17.0 Å². The Morgan fingerprint density at radius 2 is 1.75 bits per heavy atom. The molecule has 4 aromatic heterocycles. The van der Waals surface area contributed by atoms with E-state index in [4.69, 9.17) is 15.7 Å². The van der Waals surface area contributed by atoms with Gasteiger partial charge in [-0.3, -0.25) is 9.36 Å². The van der Waals surface area contributed by atoms with E-state index in [9.17, 15) is 4.79 Å². The summed E-state index contributed by atoms with van der Waals surface area (Å²) in [5, 5.41) is 0. The van der Waals surface area contributed by atoms with Crippen LogP contribution in [0.3, 0.4) is 0 Å². The zero-order chi connectivity index (χ0) is 22.2. The number of aryl methyl sites for hydroxylation is 1. The van der Waals surface area contributed by atoms with Crippen LogP contribution in [0, 0.1) is 0 Å². The molecule has 2 N–H and O–H groups in total. The van der Waals surface area contributed by atoms with Gasteiger partial charge in [-0.05, 0) is 54.4 Å². The van der Waals surface area contributed by atoms with Crippen molar-refractivity contribution in [1.82, 2.24) is 24.1 Å². The Morgan fingerprint density at radius 3 is 2.50 bits per heavy atom. The average Bonchev–Trinajstić information content (AvgIpc) is 3.19. The van der Waals surface area contributed by atoms with Gasteiger partial charge in [0.2, 0.25) is 0 Å². The van der Waals surface area contributed by atoms with Crippen LogP contribution >= 0.6 is 0 Å². The smallest absolute Gasteiger partial charge is 0.250 e. The first-order valence-corrected chi connectivity index (χ1v) is 10.4. The van der Waals surface area contributed by atoms with Crippen LogP contribution in [0.1, 0.15) is 12.5 Å². The molecule has 32 heavy (non-hydrogen) atoms. The predicted molar refractivity (Wildman–Crippen MR) is 127 cm³/mol. The van der Waals surface area contributed by atoms with Crippen molar-refractivity contribution in [1.29, 1.82) is 0 Å². The highest BCUT2D eigenvalue weighted by molar-refractivity contribution is 5.84. The lowest BCUT2D eigenvalue weighted by molar-refractivity contribution is 0.866. The monoisotopic (exact) mass is 422 g/mol. The standard InChI is InChI=1S/C25H22N6O/c1-3-16-9-11-17(12-10-16)31-24(18-6-5-15-27-23(18)26)29-20-14-13-19(28-25(20)31)21-7-4-8-22(32)30(21)2/h4-15H,3H2,1-2H3,(H2,26,27). The maximum absolute atomic E-state index is 12.1. The highest BCUT2D eigenvalue weighted by Gasteiger charge is 2.19. The van der Waals surface area contributed by atoms with Gasteiger partial charge in [0, 0.05) is 25.0 Å². The van der Waals surface area contributed by atoms with E-state index in [1.807, 2.05) is 34.9 Å². The molecule has 0 atom stereocenters. The SMILES string of the molecule is CCc1ccc(-n2c(-c3cccnc3N)nc3ccc(-c4cccc(=O)n4C)nc32)cc1. The number of nitrogen functional groups attached to an aromatic ring is 1. The van der Waals surface area contributed by atoms with Crippen LogP contribution in [0.4, 0.5) is 5.82 Å². The van der Waals surface area contributed by atoms with Crippen LogP contribution in [0.5, 0.6) is 0 Å². The number of rotatable bonds is 4. The molecule has 1 aromatic carbocycles. The van der Waals surface area contributed by atoms with Crippen molar-refractivity contribution in [3.05, 3.63) is 88.8 Å². The largest absolute Gasteiger partial charge is 0.383 e. The fourth-order valence-electron chi connectivity index (χ4n) is 3.83. The van der Waals surface area contributed by atoms with E-state index in [0.717, 1.165) is 28.9 Å². The van der Waals surface area contributed by atoms with Crippen LogP contribution in [0.2, 0.25) is 0 Å². The van der Waals surface area contributed by atoms with Crippen LogP contribution in [-0.4, -0.2) is 24.1 Å². The van der Waals surface area contributed by atoms with Gasteiger partial charge in [-0.25, -0.2) is 15.0 Å². The summed E-state index contributed by atoms with van der Waals surface area (Å²) in [5.41, 5.74) is 11.9. The molecule has 0 saturated heterocycles. The highest BCUT2D eigenvalue weighted by atomic mass is 16.1. The normalized spacial score (nSPS) is 11.2. The van der Waals surface area contributed by atoms with Crippen molar-refractivity contribution in [2.45, 2.75) is 13.3 Å². The number of fused-ring (bicyclic) bond motifs is 1. The Labute approximate surface area is 184 Å². The first-order valence-electron chi connectivity index (χ1n) is 10.4. The first kappa shape index (κ1) is 19.7. The van der Waals surface area contributed by atoms with Crippen molar-refractivity contribution in [2.24, 2.45) is 7.05 Å². The van der Waals surface area contributed by atoms with Crippen molar-refractivity contribution >= 4 is 17.0 Å². The zero-order valence-electron chi connectivity index (χ0n) is 17.9. The number of pyridine rings is 3. The van der Waals surface area contributed by atoms with Gasteiger partial charge in [0.25, 0.3) is 5.56 Å². The molecule has 5 rings (SSSR count). The zero-order valence-corrected chi connectivity index (χ0v) is 17.9. The van der Waals surface area contributed by atoms with E-state index in [1.54, 1.807) is 23.9 Å². The summed E-state index contributed by atoms with van der Waals surface area (Å²) >= 11 is 0. The third-order valence-electron chi connectivity index (χ3n) is 5.63. The molecule has 0 unspecified atom stereocenters. The van der Waals surface area contributed by atoms with E-state index >= 15 is 0 Å². The number of hydrogen-bond acceptors (Lipinski definition) is 5. The molecule has 0 aliphatic heterocycles. The summed E-state index contributed by atoms with van der Waals surface area (Å²) in [6, 6.07) is 21.0. The van der Waals surface area contributed by atoms with Crippen molar-refractivity contribution in [2.75, 3.05) is 5.73 Å². The molecule has 0 aliphatic rings. The Morgan fingerprint density at radius 1 is 0.938 bits per heavy atom. The average molecular weight is 422 g/mol. The van der Waals surface area contributed by atoms with Gasteiger partial charge in [0.1, 0.15) is 11.3 Å². The second-order valence-electron chi connectivity index (χ2n) is 7.57. The Balaban J connectivity index is 1.81. The third-order valence-corrected chi connectivity index (χ3v) is 5.63. The molecule has 0 aliphatic carbocycles. The second-order valence-corrected chi connectivity index (χ2v) is 7.57. The predicted octanol–water partition coefficient (Wildman–Crippen LogP) is 3.99. The fourth-order valence-corrected chi connectivity index (χ4v) is 3.83. The van der Waals surface area contributed by atoms with Gasteiger partial charge >= 0.3 is 0 Å². The summed E-state index contributed by atoms with van der Waals surface area (Å²) in [6.07, 6.45) is 2.62. The van der Waals surface area contributed by atoms with E-state index in [0.29, 0.717) is 23.0 Å². The lowest BCUT2D eigenvalue weighted by Crippen LogP contribution is -2.16. The molecule has 4 heterocycles. The summed E-state index contributed by atoms with van der Waals surface area (Å²) in [5.74, 6) is 1.07. The highest BCUT2D eigenvalue weighted by Crippen LogP contribution is 2.31. The summed E-state index contributed by atoms with van der Waals surface area (Å²) in [4.78, 5) is 26.2. The van der Waals surface area contributed by atoms with Crippen LogP contribution < -0.4 is 11.3 Å². The molecular formula is C25H22N6O. The van der Waals surface area contributed by atoms with Crippen LogP contribution in [0.25, 0.3) is 39.6 Å². The van der Waals surface area contributed by atoms with Gasteiger partial charge in [-0.2, -0.15) is 0 Å². The molecule has 0 fully saturated rings. The summed E-state index contributed by atoms with van der Waals surface area (Å²) in [6.45, 7) is 2.13. The van der Waals surface area contributed by atoms with Crippen molar-refractivity contribution in [3.63, 3.8) is 0 Å². The Hall–Kier alpha value is -4.26. The molecular weight excluding hydrogens is 400 g/mol. The maximum atomic E-state index is 12.1. The van der Waals surface area contributed by atoms with Gasteiger partial charge in [-0.1, -0.05) is 25.1 Å². The number of nitrogens with zero attached hydrogens (tertiary/aromatic N) is 5. The number of aromatic nitrogens is 5. The van der Waals surface area contributed by atoms with E-state index in [1.165, 1.54) is 11.6 Å². The second kappa shape index (κ2) is 7.77. The Kier molecular flexibility index (Phi) is 4.78. The van der Waals surface area contributed by atoms with E-state index < -0.39 is 0 Å². The Bertz CT molecular complexity index is 1500. The molecule has 7 heteroatoms. The number of anilines is 1. The van der Waals surface area contributed by atoms with Gasteiger partial charge in [-0.15, -0.1) is 0 Å².